The third kappa shape index (κ3) is 5.06. The Hall–Kier alpha value is -3.55. The first-order valence-corrected chi connectivity index (χ1v) is 16.4. The lowest BCUT2D eigenvalue weighted by atomic mass is 10.0. The number of imidazole rings is 1. The van der Waals surface area contributed by atoms with Gasteiger partial charge in [0.1, 0.15) is 17.9 Å². The van der Waals surface area contributed by atoms with Gasteiger partial charge in [-0.25, -0.2) is 27.1 Å². The molecular weight excluding hydrogens is 573 g/mol. The number of rotatable bonds is 9. The number of aryl methyl sites for hydroxylation is 1. The van der Waals surface area contributed by atoms with E-state index in [1.165, 1.54) is 4.31 Å². The number of para-hydroxylation sites is 1. The molecule has 0 unspecified atom stereocenters. The Morgan fingerprint density at radius 2 is 1.98 bits per heavy atom. The molecule has 1 amide bonds. The molecule has 43 heavy (non-hydrogen) atoms. The Morgan fingerprint density at radius 1 is 1.16 bits per heavy atom. The summed E-state index contributed by atoms with van der Waals surface area (Å²) in [5.74, 6) is 1.82. The van der Waals surface area contributed by atoms with Crippen LogP contribution in [0.4, 0.5) is 4.39 Å². The van der Waals surface area contributed by atoms with Crippen molar-refractivity contribution < 1.29 is 22.3 Å². The van der Waals surface area contributed by atoms with Gasteiger partial charge in [0, 0.05) is 58.0 Å². The lowest BCUT2D eigenvalue weighted by Gasteiger charge is -2.29. The van der Waals surface area contributed by atoms with Crippen molar-refractivity contribution in [1.82, 2.24) is 28.3 Å². The molecule has 2 fully saturated rings. The molecule has 7 rings (SSSR count). The van der Waals surface area contributed by atoms with Crippen molar-refractivity contribution in [3.63, 3.8) is 0 Å². The lowest BCUT2D eigenvalue weighted by Crippen LogP contribution is -2.45. The topological polar surface area (TPSA) is 129 Å². The summed E-state index contributed by atoms with van der Waals surface area (Å²) in [6, 6.07) is 9.16. The zero-order chi connectivity index (χ0) is 30.0. The molecule has 2 atom stereocenters. The SMILES string of the molecule is CN1C[C@H](COc2cccc3cc(-c4nc5cc6c(nc5n4C)CCN(C[C@H](N)CF)C6=O)n(CC4CC4)c23)CS1(=O)=O. The molecule has 11 nitrogen and oxygen atoms in total. The second kappa shape index (κ2) is 10.6. The predicted molar refractivity (Wildman–Crippen MR) is 161 cm³/mol. The Morgan fingerprint density at radius 3 is 2.70 bits per heavy atom. The summed E-state index contributed by atoms with van der Waals surface area (Å²) in [5.41, 5.74) is 10.2. The first-order valence-electron chi connectivity index (χ1n) is 14.8. The third-order valence-electron chi connectivity index (χ3n) is 8.87. The number of sulfonamides is 1. The quantitative estimate of drug-likeness (QED) is 0.309. The van der Waals surface area contributed by atoms with Crippen LogP contribution in [0.25, 0.3) is 33.6 Å². The van der Waals surface area contributed by atoms with Crippen LogP contribution in [-0.2, 0) is 30.0 Å². The minimum atomic E-state index is -3.22. The number of pyridine rings is 1. The number of nitrogens with zero attached hydrogens (tertiary/aromatic N) is 6. The summed E-state index contributed by atoms with van der Waals surface area (Å²) in [5, 5.41) is 1.01. The van der Waals surface area contributed by atoms with Crippen molar-refractivity contribution in [3.8, 4) is 17.3 Å². The first-order chi connectivity index (χ1) is 20.6. The number of ether oxygens (including phenoxy) is 1. The standard InChI is InChI=1S/C30H36FN7O4S/c1-35-13-19(17-43(35,40)41)16-42-26-5-3-4-20-10-25(38(27(20)26)14-18-6-7-18)29-34-24-11-22-23(33-28(24)36(29)2)8-9-37(30(22)39)15-21(32)12-31/h3-5,10-11,18-19,21H,6-9,12-17,32H2,1-2H3/t19-,21-/m1/s1. The maximum absolute atomic E-state index is 13.2. The van der Waals surface area contributed by atoms with Crippen molar-refractivity contribution >= 4 is 38.0 Å². The number of aromatic nitrogens is 4. The molecule has 1 aromatic carbocycles. The van der Waals surface area contributed by atoms with Crippen LogP contribution in [0.2, 0.25) is 0 Å². The number of fused-ring (bicyclic) bond motifs is 3. The Labute approximate surface area is 249 Å². The highest BCUT2D eigenvalue weighted by molar-refractivity contribution is 7.89. The van der Waals surface area contributed by atoms with Crippen LogP contribution < -0.4 is 10.5 Å². The smallest absolute Gasteiger partial charge is 0.255 e. The molecule has 1 aliphatic carbocycles. The number of alkyl halides is 1. The van der Waals surface area contributed by atoms with Crippen molar-refractivity contribution in [1.29, 1.82) is 0 Å². The maximum atomic E-state index is 13.2. The largest absolute Gasteiger partial charge is 0.491 e. The highest BCUT2D eigenvalue weighted by Gasteiger charge is 2.34. The van der Waals surface area contributed by atoms with Crippen molar-refractivity contribution in [2.75, 3.05) is 45.7 Å². The fourth-order valence-electron chi connectivity index (χ4n) is 6.38. The summed E-state index contributed by atoms with van der Waals surface area (Å²) < 4.78 is 49.5. The van der Waals surface area contributed by atoms with Crippen molar-refractivity contribution in [3.05, 3.63) is 41.6 Å². The van der Waals surface area contributed by atoms with E-state index in [0.29, 0.717) is 54.5 Å². The Bertz CT molecular complexity index is 1850. The molecule has 1 saturated heterocycles. The molecule has 0 bridgehead atoms. The molecule has 5 heterocycles. The van der Waals surface area contributed by atoms with Crippen LogP contribution >= 0.6 is 0 Å². The van der Waals surface area contributed by atoms with E-state index in [9.17, 15) is 17.6 Å². The zero-order valence-electron chi connectivity index (χ0n) is 24.4. The maximum Gasteiger partial charge on any atom is 0.255 e. The highest BCUT2D eigenvalue weighted by atomic mass is 32.2. The van der Waals surface area contributed by atoms with E-state index in [-0.39, 0.29) is 24.1 Å². The van der Waals surface area contributed by atoms with Crippen LogP contribution in [0.1, 0.15) is 28.9 Å². The fourth-order valence-corrected chi connectivity index (χ4v) is 7.87. The number of halogens is 1. The average Bonchev–Trinajstić information content (AvgIpc) is 3.57. The molecule has 228 valence electrons. The van der Waals surface area contributed by atoms with Gasteiger partial charge in [-0.05, 0) is 37.0 Å². The summed E-state index contributed by atoms with van der Waals surface area (Å²) in [4.78, 5) is 24.7. The van der Waals surface area contributed by atoms with Gasteiger partial charge in [-0.2, -0.15) is 0 Å². The van der Waals surface area contributed by atoms with Crippen LogP contribution in [0, 0.1) is 11.8 Å². The normalized spacial score (nSPS) is 21.2. The van der Waals surface area contributed by atoms with E-state index in [1.807, 2.05) is 23.7 Å². The highest BCUT2D eigenvalue weighted by Crippen LogP contribution is 2.39. The summed E-state index contributed by atoms with van der Waals surface area (Å²) in [6.07, 6.45) is 2.89. The number of amides is 1. The fraction of sp³-hybridized carbons (Fsp3) is 0.500. The molecule has 4 aromatic rings. The van der Waals surface area contributed by atoms with Crippen LogP contribution in [0.15, 0.2) is 30.3 Å². The lowest BCUT2D eigenvalue weighted by molar-refractivity contribution is 0.0723. The Kier molecular flexibility index (Phi) is 6.94. The molecule has 0 radical (unpaired) electrons. The van der Waals surface area contributed by atoms with Gasteiger partial charge >= 0.3 is 0 Å². The molecule has 3 aromatic heterocycles. The van der Waals surface area contributed by atoms with E-state index < -0.39 is 22.7 Å². The number of hydrogen-bond acceptors (Lipinski definition) is 7. The second-order valence-corrected chi connectivity index (χ2v) is 14.4. The molecule has 3 aliphatic rings. The molecular formula is C30H36FN7O4S. The van der Waals surface area contributed by atoms with E-state index in [2.05, 4.69) is 16.7 Å². The van der Waals surface area contributed by atoms with Gasteiger partial charge in [0.15, 0.2) is 11.5 Å². The van der Waals surface area contributed by atoms with Gasteiger partial charge in [0.2, 0.25) is 10.0 Å². The summed E-state index contributed by atoms with van der Waals surface area (Å²) in [7, 11) is 0.331. The number of nitrogens with two attached hydrogens (primary N) is 1. The molecule has 2 N–H and O–H groups in total. The number of hydrogen-bond donors (Lipinski definition) is 1. The van der Waals surface area contributed by atoms with Gasteiger partial charge in [0.05, 0.1) is 40.9 Å². The molecule has 2 aliphatic heterocycles. The van der Waals surface area contributed by atoms with Gasteiger partial charge in [-0.3, -0.25) is 4.79 Å². The van der Waals surface area contributed by atoms with Gasteiger partial charge in [0.25, 0.3) is 5.91 Å². The summed E-state index contributed by atoms with van der Waals surface area (Å²) in [6.45, 7) is 1.51. The van der Waals surface area contributed by atoms with Crippen molar-refractivity contribution in [2.45, 2.75) is 31.8 Å². The minimum absolute atomic E-state index is 0.0908. The van der Waals surface area contributed by atoms with Gasteiger partial charge in [-0.1, -0.05) is 12.1 Å². The average molecular weight is 610 g/mol. The van der Waals surface area contributed by atoms with Gasteiger partial charge in [-0.15, -0.1) is 0 Å². The molecule has 0 spiro atoms. The number of carbonyl (C=O) groups is 1. The van der Waals surface area contributed by atoms with Crippen LogP contribution in [-0.4, -0.2) is 94.4 Å². The molecule has 1 saturated carbocycles. The zero-order valence-corrected chi connectivity index (χ0v) is 25.2. The molecule has 13 heteroatoms. The Balaban J connectivity index is 1.26. The number of carbonyl (C=O) groups excluding carboxylic acids is 1. The van der Waals surface area contributed by atoms with E-state index in [0.717, 1.165) is 47.6 Å². The second-order valence-electron chi connectivity index (χ2n) is 12.2. The number of benzene rings is 1. The minimum Gasteiger partial charge on any atom is -0.491 e. The van der Waals surface area contributed by atoms with Crippen LogP contribution in [0.3, 0.4) is 0 Å². The first kappa shape index (κ1) is 28.2. The van der Waals surface area contributed by atoms with E-state index in [4.69, 9.17) is 20.4 Å². The monoisotopic (exact) mass is 609 g/mol. The van der Waals surface area contributed by atoms with E-state index in [1.54, 1.807) is 18.0 Å². The van der Waals surface area contributed by atoms with Crippen LogP contribution in [0.5, 0.6) is 5.75 Å². The van der Waals surface area contributed by atoms with Gasteiger partial charge < -0.3 is 24.5 Å². The van der Waals surface area contributed by atoms with Crippen molar-refractivity contribution in [2.24, 2.45) is 24.6 Å². The predicted octanol–water partition coefficient (Wildman–Crippen LogP) is 2.57. The van der Waals surface area contributed by atoms with E-state index >= 15 is 0 Å². The summed E-state index contributed by atoms with van der Waals surface area (Å²) >= 11 is 0. The third-order valence-corrected chi connectivity index (χ3v) is 10.9.